The van der Waals surface area contributed by atoms with Gasteiger partial charge in [0.05, 0.1) is 16.1 Å². The summed E-state index contributed by atoms with van der Waals surface area (Å²) in [5, 5.41) is 4.52. The zero-order valence-corrected chi connectivity index (χ0v) is 12.6. The Bertz CT molecular complexity index is 551. The maximum Gasteiger partial charge on any atom is 0.125 e. The molecule has 0 saturated heterocycles. The Morgan fingerprint density at radius 1 is 1.16 bits per heavy atom. The van der Waals surface area contributed by atoms with Crippen molar-refractivity contribution in [2.24, 2.45) is 0 Å². The van der Waals surface area contributed by atoms with E-state index in [2.05, 4.69) is 19.2 Å². The summed E-state index contributed by atoms with van der Waals surface area (Å²) < 4.78 is 5.83. The quantitative estimate of drug-likeness (QED) is 0.853. The molecule has 0 saturated carbocycles. The van der Waals surface area contributed by atoms with Crippen LogP contribution in [0.2, 0.25) is 10.0 Å². The molecule has 0 spiro atoms. The van der Waals surface area contributed by atoms with Crippen LogP contribution in [0.4, 0.5) is 0 Å². The molecule has 0 aliphatic carbocycles. The minimum absolute atomic E-state index is 0.0727. The smallest absolute Gasteiger partial charge is 0.125 e. The third kappa shape index (κ3) is 3.14. The molecule has 0 aliphatic rings. The van der Waals surface area contributed by atoms with Crippen molar-refractivity contribution in [3.05, 3.63) is 57.5 Å². The van der Waals surface area contributed by atoms with Gasteiger partial charge >= 0.3 is 0 Å². The Morgan fingerprint density at radius 2 is 1.95 bits per heavy atom. The SMILES string of the molecule is CCNC(c1ccc(CC)o1)c1cccc(Cl)c1Cl. The first-order chi connectivity index (χ1) is 9.17. The molecule has 1 unspecified atom stereocenters. The second kappa shape index (κ2) is 6.47. The lowest BCUT2D eigenvalue weighted by Crippen LogP contribution is -2.21. The van der Waals surface area contributed by atoms with Crippen molar-refractivity contribution >= 4 is 23.2 Å². The summed E-state index contributed by atoms with van der Waals surface area (Å²) in [4.78, 5) is 0. The molecule has 0 amide bonds. The molecule has 1 aromatic heterocycles. The summed E-state index contributed by atoms with van der Waals surface area (Å²) >= 11 is 12.4. The van der Waals surface area contributed by atoms with E-state index in [1.165, 1.54) is 0 Å². The number of benzene rings is 1. The van der Waals surface area contributed by atoms with Crippen molar-refractivity contribution in [2.45, 2.75) is 26.3 Å². The molecule has 1 heterocycles. The van der Waals surface area contributed by atoms with E-state index in [9.17, 15) is 0 Å². The van der Waals surface area contributed by atoms with Crippen LogP contribution >= 0.6 is 23.2 Å². The monoisotopic (exact) mass is 297 g/mol. The Kier molecular flexibility index (Phi) is 4.92. The minimum Gasteiger partial charge on any atom is -0.464 e. The van der Waals surface area contributed by atoms with Crippen LogP contribution in [-0.2, 0) is 6.42 Å². The van der Waals surface area contributed by atoms with E-state index in [0.29, 0.717) is 10.0 Å². The largest absolute Gasteiger partial charge is 0.464 e. The fraction of sp³-hybridized carbons (Fsp3) is 0.333. The molecule has 1 atom stereocenters. The van der Waals surface area contributed by atoms with Gasteiger partial charge in [0, 0.05) is 6.42 Å². The Morgan fingerprint density at radius 3 is 2.58 bits per heavy atom. The normalized spacial score (nSPS) is 12.6. The van der Waals surface area contributed by atoms with Gasteiger partial charge < -0.3 is 9.73 Å². The van der Waals surface area contributed by atoms with Crippen LogP contribution in [0.25, 0.3) is 0 Å². The van der Waals surface area contributed by atoms with Gasteiger partial charge in [-0.15, -0.1) is 0 Å². The highest BCUT2D eigenvalue weighted by atomic mass is 35.5. The standard InChI is InChI=1S/C15H17Cl2NO/c1-3-10-8-9-13(19-10)15(18-4-2)11-6-5-7-12(16)14(11)17/h5-9,15,18H,3-4H2,1-2H3. The summed E-state index contributed by atoms with van der Waals surface area (Å²) in [5.74, 6) is 1.83. The summed E-state index contributed by atoms with van der Waals surface area (Å²) in [5.41, 5.74) is 0.938. The molecule has 1 aromatic carbocycles. The number of furan rings is 1. The number of hydrogen-bond acceptors (Lipinski definition) is 2. The fourth-order valence-corrected chi connectivity index (χ4v) is 2.47. The van der Waals surface area contributed by atoms with Crippen LogP contribution in [0.5, 0.6) is 0 Å². The van der Waals surface area contributed by atoms with Crippen molar-refractivity contribution < 1.29 is 4.42 Å². The van der Waals surface area contributed by atoms with Gasteiger partial charge in [0.2, 0.25) is 0 Å². The molecule has 0 bridgehead atoms. The van der Waals surface area contributed by atoms with Crippen molar-refractivity contribution in [2.75, 3.05) is 6.54 Å². The van der Waals surface area contributed by atoms with E-state index >= 15 is 0 Å². The number of aryl methyl sites for hydroxylation is 1. The van der Waals surface area contributed by atoms with Gasteiger partial charge in [0.15, 0.2) is 0 Å². The van der Waals surface area contributed by atoms with Crippen LogP contribution < -0.4 is 5.32 Å². The summed E-state index contributed by atoms with van der Waals surface area (Å²) in [6.45, 7) is 4.93. The Labute approximate surface area is 123 Å². The number of halogens is 2. The van der Waals surface area contributed by atoms with Gasteiger partial charge in [0.1, 0.15) is 11.5 Å². The fourth-order valence-electron chi connectivity index (χ4n) is 2.05. The average molecular weight is 298 g/mol. The third-order valence-electron chi connectivity index (χ3n) is 3.02. The molecular formula is C15H17Cl2NO. The van der Waals surface area contributed by atoms with E-state index in [1.54, 1.807) is 6.07 Å². The minimum atomic E-state index is -0.0727. The maximum atomic E-state index is 6.30. The highest BCUT2D eigenvalue weighted by Crippen LogP contribution is 2.33. The van der Waals surface area contributed by atoms with Crippen LogP contribution in [0.3, 0.4) is 0 Å². The highest BCUT2D eigenvalue weighted by Gasteiger charge is 2.20. The van der Waals surface area contributed by atoms with Gasteiger partial charge in [-0.1, -0.05) is 49.2 Å². The van der Waals surface area contributed by atoms with Gasteiger partial charge in [-0.2, -0.15) is 0 Å². The summed E-state index contributed by atoms with van der Waals surface area (Å²) in [6, 6.07) is 9.57. The second-order valence-corrected chi connectivity index (χ2v) is 5.08. The van der Waals surface area contributed by atoms with Crippen LogP contribution in [0, 0.1) is 0 Å². The lowest BCUT2D eigenvalue weighted by atomic mass is 10.0. The Hall–Kier alpha value is -0.960. The predicted octanol–water partition coefficient (Wildman–Crippen LogP) is 4.85. The first kappa shape index (κ1) is 14.4. The molecular weight excluding hydrogens is 281 g/mol. The van der Waals surface area contributed by atoms with Gasteiger partial charge in [0.25, 0.3) is 0 Å². The first-order valence-electron chi connectivity index (χ1n) is 6.43. The molecule has 2 rings (SSSR count). The summed E-state index contributed by atoms with van der Waals surface area (Å²) in [7, 11) is 0. The Balaban J connectivity index is 2.42. The molecule has 102 valence electrons. The lowest BCUT2D eigenvalue weighted by molar-refractivity contribution is 0.426. The molecule has 19 heavy (non-hydrogen) atoms. The van der Waals surface area contributed by atoms with Gasteiger partial charge in [-0.3, -0.25) is 0 Å². The van der Waals surface area contributed by atoms with Crippen LogP contribution in [0.1, 0.15) is 37.0 Å². The van der Waals surface area contributed by atoms with Crippen LogP contribution in [0.15, 0.2) is 34.7 Å². The van der Waals surface area contributed by atoms with Gasteiger partial charge in [-0.25, -0.2) is 0 Å². The molecule has 4 heteroatoms. The molecule has 0 fully saturated rings. The van der Waals surface area contributed by atoms with E-state index in [-0.39, 0.29) is 6.04 Å². The van der Waals surface area contributed by atoms with E-state index in [1.807, 2.05) is 24.3 Å². The number of nitrogens with one attached hydrogen (secondary N) is 1. The third-order valence-corrected chi connectivity index (χ3v) is 3.85. The topological polar surface area (TPSA) is 25.2 Å². The highest BCUT2D eigenvalue weighted by molar-refractivity contribution is 6.42. The van der Waals surface area contributed by atoms with E-state index in [4.69, 9.17) is 27.6 Å². The number of hydrogen-bond donors (Lipinski definition) is 1. The molecule has 0 aliphatic heterocycles. The van der Waals surface area contributed by atoms with Crippen molar-refractivity contribution in [3.8, 4) is 0 Å². The molecule has 2 nitrogen and oxygen atoms in total. The first-order valence-corrected chi connectivity index (χ1v) is 7.18. The predicted molar refractivity (Wildman–Crippen MR) is 80.1 cm³/mol. The maximum absolute atomic E-state index is 6.30. The number of rotatable bonds is 5. The molecule has 1 N–H and O–H groups in total. The molecule has 2 aromatic rings. The van der Waals surface area contributed by atoms with E-state index < -0.39 is 0 Å². The zero-order valence-electron chi connectivity index (χ0n) is 11.0. The lowest BCUT2D eigenvalue weighted by Gasteiger charge is -2.18. The van der Waals surface area contributed by atoms with Crippen LogP contribution in [-0.4, -0.2) is 6.54 Å². The van der Waals surface area contributed by atoms with E-state index in [0.717, 1.165) is 30.0 Å². The van der Waals surface area contributed by atoms with Crippen molar-refractivity contribution in [1.29, 1.82) is 0 Å². The van der Waals surface area contributed by atoms with Gasteiger partial charge in [-0.05, 0) is 30.3 Å². The average Bonchev–Trinajstić information content (AvgIpc) is 2.88. The second-order valence-electron chi connectivity index (χ2n) is 4.29. The van der Waals surface area contributed by atoms with Crippen molar-refractivity contribution in [3.63, 3.8) is 0 Å². The molecule has 0 radical (unpaired) electrons. The zero-order chi connectivity index (χ0) is 13.8. The summed E-state index contributed by atoms with van der Waals surface area (Å²) in [6.07, 6.45) is 0.877. The van der Waals surface area contributed by atoms with Crippen molar-refractivity contribution in [1.82, 2.24) is 5.32 Å².